The van der Waals surface area contributed by atoms with E-state index in [1.807, 2.05) is 0 Å². The second kappa shape index (κ2) is 7.74. The topological polar surface area (TPSA) is 66.4 Å². The lowest BCUT2D eigenvalue weighted by Crippen LogP contribution is -2.32. The maximum Gasteiger partial charge on any atom is 0.326 e. The minimum atomic E-state index is -0.944. The van der Waals surface area contributed by atoms with Gasteiger partial charge in [-0.3, -0.25) is 4.79 Å². The molecule has 2 unspecified atom stereocenters. The van der Waals surface area contributed by atoms with Crippen molar-refractivity contribution in [2.24, 2.45) is 0 Å². The lowest BCUT2D eigenvalue weighted by molar-refractivity contribution is -0.140. The molecule has 82 valence electrons. The number of carbonyl (C=O) groups excluding carboxylic acids is 1. The minimum Gasteiger partial charge on any atom is -0.480 e. The highest BCUT2D eigenvalue weighted by Gasteiger charge is 2.26. The summed E-state index contributed by atoms with van der Waals surface area (Å²) in [6.07, 6.45) is 4.70. The lowest BCUT2D eigenvalue weighted by Gasteiger charge is -1.99. The van der Waals surface area contributed by atoms with Gasteiger partial charge in [-0.1, -0.05) is 19.8 Å². The number of carbonyl (C=O) groups is 2. The summed E-state index contributed by atoms with van der Waals surface area (Å²) in [4.78, 5) is 20.5. The molecule has 0 radical (unpaired) electrons. The molecule has 1 saturated heterocycles. The highest BCUT2D eigenvalue weighted by molar-refractivity contribution is 7.16. The zero-order valence-electron chi connectivity index (χ0n) is 8.45. The molecule has 0 aliphatic carbocycles. The molecule has 2 N–H and O–H groups in total. The Morgan fingerprint density at radius 2 is 2.36 bits per heavy atom. The summed E-state index contributed by atoms with van der Waals surface area (Å²) >= 11 is 0. The van der Waals surface area contributed by atoms with Crippen LogP contribution in [0.3, 0.4) is 0 Å². The molecule has 0 aromatic carbocycles. The predicted octanol–water partition coefficient (Wildman–Crippen LogP) is 1.01. The van der Waals surface area contributed by atoms with E-state index >= 15 is 0 Å². The smallest absolute Gasteiger partial charge is 0.326 e. The second-order valence-corrected chi connectivity index (χ2v) is 3.72. The molecule has 14 heavy (non-hydrogen) atoms. The molecular weight excluding hydrogens is 201 g/mol. The first-order valence-corrected chi connectivity index (χ1v) is 5.65. The second-order valence-electron chi connectivity index (χ2n) is 3.14. The fraction of sp³-hybridized carbons (Fsp3) is 0.778. The van der Waals surface area contributed by atoms with E-state index in [-0.39, 0.29) is 5.91 Å². The summed E-state index contributed by atoms with van der Waals surface area (Å²) in [6.45, 7) is 2.20. The van der Waals surface area contributed by atoms with Gasteiger partial charge in [0.25, 0.3) is 0 Å². The molecule has 1 heterocycles. The van der Waals surface area contributed by atoms with E-state index in [1.165, 1.54) is 19.0 Å². The number of amides is 1. The summed E-state index contributed by atoms with van der Waals surface area (Å²) < 4.78 is 0. The van der Waals surface area contributed by atoms with Crippen molar-refractivity contribution in [3.05, 3.63) is 0 Å². The highest BCUT2D eigenvalue weighted by atomic mass is 31.0. The Kier molecular flexibility index (Phi) is 7.40. The van der Waals surface area contributed by atoms with Gasteiger partial charge in [-0.25, -0.2) is 4.79 Å². The van der Waals surface area contributed by atoms with Gasteiger partial charge in [0.2, 0.25) is 5.91 Å². The molecule has 5 heteroatoms. The lowest BCUT2D eigenvalue weighted by atomic mass is 10.2. The number of carboxylic acids is 1. The summed E-state index contributed by atoms with van der Waals surface area (Å²) in [5.74, 6) is -1.11. The van der Waals surface area contributed by atoms with Crippen molar-refractivity contribution in [3.63, 3.8) is 0 Å². The summed E-state index contributed by atoms with van der Waals surface area (Å²) in [5.41, 5.74) is 0. The van der Waals surface area contributed by atoms with E-state index in [4.69, 9.17) is 5.11 Å². The first-order valence-electron chi connectivity index (χ1n) is 4.84. The van der Waals surface area contributed by atoms with Gasteiger partial charge in [0.15, 0.2) is 0 Å². The average Bonchev–Trinajstić information content (AvgIpc) is 2.54. The molecule has 1 fully saturated rings. The number of aliphatic carboxylic acids is 1. The summed E-state index contributed by atoms with van der Waals surface area (Å²) in [6, 6.07) is -0.641. The highest BCUT2D eigenvalue weighted by Crippen LogP contribution is 2.05. The Morgan fingerprint density at radius 1 is 1.71 bits per heavy atom. The Morgan fingerprint density at radius 3 is 2.50 bits per heavy atom. The molecular formula is C9H18NO3P. The van der Waals surface area contributed by atoms with Crippen LogP contribution in [0.5, 0.6) is 0 Å². The van der Waals surface area contributed by atoms with Gasteiger partial charge in [-0.05, 0) is 12.6 Å². The van der Waals surface area contributed by atoms with Crippen LogP contribution in [0.25, 0.3) is 0 Å². The molecule has 1 amide bonds. The fourth-order valence-electron chi connectivity index (χ4n) is 1.00. The molecule has 1 rings (SSSR count). The predicted molar refractivity (Wildman–Crippen MR) is 58.3 cm³/mol. The van der Waals surface area contributed by atoms with Crippen LogP contribution in [0.2, 0.25) is 0 Å². The van der Waals surface area contributed by atoms with Crippen LogP contribution in [0, 0.1) is 0 Å². The standard InChI is InChI=1S/C5H7NO3.C4H11P/c7-4-2-1-3(6-4)5(8)9;1-2-3-4-5/h3H,1-2H2,(H,6,7)(H,8,9);2-5H2,1H3. The largest absolute Gasteiger partial charge is 0.480 e. The Bertz CT molecular complexity index is 194. The Labute approximate surface area is 86.7 Å². The molecule has 1 aliphatic rings. The third-order valence-corrected chi connectivity index (χ3v) is 2.26. The number of unbranched alkanes of at least 4 members (excludes halogenated alkanes) is 1. The molecule has 0 bridgehead atoms. The minimum absolute atomic E-state index is 0.164. The molecule has 2 atom stereocenters. The van der Waals surface area contributed by atoms with Crippen LogP contribution in [0.15, 0.2) is 0 Å². The average molecular weight is 219 g/mol. The zero-order valence-corrected chi connectivity index (χ0v) is 9.61. The Hall–Kier alpha value is -0.630. The molecule has 4 nitrogen and oxygen atoms in total. The maximum absolute atomic E-state index is 10.4. The summed E-state index contributed by atoms with van der Waals surface area (Å²) in [7, 11) is 2.70. The van der Waals surface area contributed by atoms with Crippen molar-refractivity contribution < 1.29 is 14.7 Å². The number of carboxylic acid groups (broad SMARTS) is 1. The molecule has 1 aliphatic heterocycles. The number of nitrogens with one attached hydrogen (secondary N) is 1. The van der Waals surface area contributed by atoms with E-state index < -0.39 is 12.0 Å². The van der Waals surface area contributed by atoms with E-state index in [0.717, 1.165) is 0 Å². The quantitative estimate of drug-likeness (QED) is 0.696. The van der Waals surface area contributed by atoms with Crippen LogP contribution in [0.4, 0.5) is 0 Å². The zero-order chi connectivity index (χ0) is 11.0. The van der Waals surface area contributed by atoms with Gasteiger partial charge in [0.05, 0.1) is 0 Å². The van der Waals surface area contributed by atoms with Crippen LogP contribution < -0.4 is 5.32 Å². The van der Waals surface area contributed by atoms with E-state index in [0.29, 0.717) is 12.8 Å². The van der Waals surface area contributed by atoms with Crippen LogP contribution >= 0.6 is 9.24 Å². The summed E-state index contributed by atoms with van der Waals surface area (Å²) in [5, 5.41) is 10.6. The van der Waals surface area contributed by atoms with E-state index in [9.17, 15) is 9.59 Å². The molecule has 0 aromatic rings. The Balaban J connectivity index is 0.000000292. The van der Waals surface area contributed by atoms with Crippen molar-refractivity contribution in [1.82, 2.24) is 5.32 Å². The number of rotatable bonds is 3. The third-order valence-electron chi connectivity index (χ3n) is 1.85. The van der Waals surface area contributed by atoms with E-state index in [1.54, 1.807) is 0 Å². The van der Waals surface area contributed by atoms with E-state index in [2.05, 4.69) is 21.5 Å². The van der Waals surface area contributed by atoms with Gasteiger partial charge >= 0.3 is 5.97 Å². The number of hydrogen-bond donors (Lipinski definition) is 2. The van der Waals surface area contributed by atoms with Crippen LogP contribution in [-0.4, -0.2) is 29.2 Å². The van der Waals surface area contributed by atoms with Gasteiger partial charge in [-0.15, -0.1) is 9.24 Å². The van der Waals surface area contributed by atoms with Crippen LogP contribution in [-0.2, 0) is 9.59 Å². The van der Waals surface area contributed by atoms with Crippen molar-refractivity contribution in [2.45, 2.75) is 38.6 Å². The van der Waals surface area contributed by atoms with Crippen molar-refractivity contribution in [3.8, 4) is 0 Å². The van der Waals surface area contributed by atoms with Gasteiger partial charge in [0.1, 0.15) is 6.04 Å². The normalized spacial score (nSPS) is 19.6. The van der Waals surface area contributed by atoms with Crippen LogP contribution in [0.1, 0.15) is 32.6 Å². The molecule has 0 aromatic heterocycles. The van der Waals surface area contributed by atoms with Crippen molar-refractivity contribution in [2.75, 3.05) is 6.16 Å². The maximum atomic E-state index is 10.4. The fourth-order valence-corrected chi connectivity index (χ4v) is 1.41. The van der Waals surface area contributed by atoms with Crippen molar-refractivity contribution >= 4 is 21.1 Å². The number of hydrogen-bond acceptors (Lipinski definition) is 2. The van der Waals surface area contributed by atoms with Gasteiger partial charge in [0, 0.05) is 6.42 Å². The first-order chi connectivity index (χ1) is 6.61. The van der Waals surface area contributed by atoms with Gasteiger partial charge < -0.3 is 10.4 Å². The first kappa shape index (κ1) is 13.4. The third kappa shape index (κ3) is 5.92. The molecule has 0 saturated carbocycles. The van der Waals surface area contributed by atoms with Gasteiger partial charge in [-0.2, -0.15) is 0 Å². The SMILES string of the molecule is CCCCP.O=C1CCC(C(=O)O)N1. The monoisotopic (exact) mass is 219 g/mol. The molecule has 0 spiro atoms. The van der Waals surface area contributed by atoms with Crippen molar-refractivity contribution in [1.29, 1.82) is 0 Å².